The number of aliphatic hydroxyl groups excluding tert-OH is 1. The van der Waals surface area contributed by atoms with Crippen LogP contribution in [0, 0.1) is 5.92 Å². The molecule has 124 valence electrons. The van der Waals surface area contributed by atoms with Crippen molar-refractivity contribution in [2.45, 2.75) is 46.3 Å². The minimum absolute atomic E-state index is 0.0886. The van der Waals surface area contributed by atoms with Crippen molar-refractivity contribution in [2.24, 2.45) is 5.92 Å². The van der Waals surface area contributed by atoms with Crippen LogP contribution in [0.5, 0.6) is 0 Å². The molecule has 0 saturated heterocycles. The number of carbonyl (C=O) groups is 1. The summed E-state index contributed by atoms with van der Waals surface area (Å²) in [7, 11) is 0. The van der Waals surface area contributed by atoms with Crippen LogP contribution in [-0.2, 0) is 4.79 Å². The number of amides is 1. The first kappa shape index (κ1) is 18.7. The van der Waals surface area contributed by atoms with Gasteiger partial charge in [0.15, 0.2) is 0 Å². The maximum atomic E-state index is 12.0. The number of hydrogen-bond acceptors (Lipinski definition) is 3. The molecule has 0 aliphatic carbocycles. The Kier molecular flexibility index (Phi) is 8.13. The zero-order valence-corrected chi connectivity index (χ0v) is 14.2. The van der Waals surface area contributed by atoms with Crippen LogP contribution in [0.4, 0.5) is 0 Å². The second kappa shape index (κ2) is 9.59. The first-order chi connectivity index (χ1) is 10.5. The molecule has 1 aromatic carbocycles. The molecule has 0 aliphatic rings. The van der Waals surface area contributed by atoms with Gasteiger partial charge in [-0.1, -0.05) is 58.0 Å². The zero-order chi connectivity index (χ0) is 16.5. The molecule has 2 N–H and O–H groups in total. The maximum Gasteiger partial charge on any atom is 0.222 e. The lowest BCUT2D eigenvalue weighted by molar-refractivity contribution is -0.123. The van der Waals surface area contributed by atoms with Crippen molar-refractivity contribution in [3.8, 4) is 0 Å². The summed E-state index contributed by atoms with van der Waals surface area (Å²) in [6, 6.07) is 10.4. The highest BCUT2D eigenvalue weighted by Gasteiger charge is 2.20. The molecule has 1 amide bonds. The number of carbonyl (C=O) groups excluding carboxylic acids is 1. The van der Waals surface area contributed by atoms with Crippen molar-refractivity contribution >= 4 is 5.91 Å². The first-order valence-corrected chi connectivity index (χ1v) is 8.23. The van der Waals surface area contributed by atoms with Gasteiger partial charge in [-0.3, -0.25) is 9.69 Å². The van der Waals surface area contributed by atoms with Gasteiger partial charge in [0, 0.05) is 6.54 Å². The molecule has 2 atom stereocenters. The largest absolute Gasteiger partial charge is 0.392 e. The predicted octanol–water partition coefficient (Wildman–Crippen LogP) is 2.59. The summed E-state index contributed by atoms with van der Waals surface area (Å²) in [5, 5.41) is 12.8. The summed E-state index contributed by atoms with van der Waals surface area (Å²) >= 11 is 0. The second-order valence-corrected chi connectivity index (χ2v) is 5.97. The van der Waals surface area contributed by atoms with Gasteiger partial charge in [0.05, 0.1) is 18.6 Å². The van der Waals surface area contributed by atoms with Crippen molar-refractivity contribution in [3.63, 3.8) is 0 Å². The van der Waals surface area contributed by atoms with Crippen LogP contribution in [0.1, 0.15) is 45.7 Å². The van der Waals surface area contributed by atoms with E-state index in [0.717, 1.165) is 13.1 Å². The van der Waals surface area contributed by atoms with Gasteiger partial charge in [0.2, 0.25) is 5.91 Å². The Morgan fingerprint density at radius 1 is 1.18 bits per heavy atom. The first-order valence-electron chi connectivity index (χ1n) is 8.23. The molecule has 4 nitrogen and oxygen atoms in total. The molecular weight excluding hydrogens is 276 g/mol. The zero-order valence-electron chi connectivity index (χ0n) is 14.2. The molecule has 0 fully saturated rings. The number of nitrogens with one attached hydrogen (secondary N) is 1. The third-order valence-corrected chi connectivity index (χ3v) is 4.09. The number of likely N-dealkylation sites (N-methyl/N-ethyl adjacent to an activating group) is 1. The van der Waals surface area contributed by atoms with E-state index in [1.165, 1.54) is 5.56 Å². The molecule has 0 heterocycles. The molecule has 1 rings (SSSR count). The van der Waals surface area contributed by atoms with Crippen molar-refractivity contribution in [2.75, 3.05) is 19.6 Å². The molecule has 22 heavy (non-hydrogen) atoms. The molecule has 0 aliphatic heterocycles. The summed E-state index contributed by atoms with van der Waals surface area (Å²) in [5.74, 6) is 0.00717. The summed E-state index contributed by atoms with van der Waals surface area (Å²) in [6.45, 7) is 10.5. The standard InChI is InChI=1S/C18H30N2O2/c1-5-20(6-2)16(15-10-8-7-9-11-15)13-19-18(22)12-17(21)14(3)4/h7-11,14,16-17,21H,5-6,12-13H2,1-4H3,(H,19,22). The van der Waals surface area contributed by atoms with Crippen LogP contribution in [0.3, 0.4) is 0 Å². The Balaban J connectivity index is 2.68. The molecular formula is C18H30N2O2. The van der Waals surface area contributed by atoms with E-state index in [1.807, 2.05) is 32.0 Å². The number of benzene rings is 1. The molecule has 2 unspecified atom stereocenters. The minimum Gasteiger partial charge on any atom is -0.392 e. The molecule has 0 aromatic heterocycles. The van der Waals surface area contributed by atoms with E-state index in [-0.39, 0.29) is 24.3 Å². The van der Waals surface area contributed by atoms with Gasteiger partial charge in [-0.05, 0) is 24.6 Å². The number of rotatable bonds is 9. The van der Waals surface area contributed by atoms with Gasteiger partial charge in [-0.15, -0.1) is 0 Å². The van der Waals surface area contributed by atoms with Crippen LogP contribution in [-0.4, -0.2) is 41.7 Å². The quantitative estimate of drug-likeness (QED) is 0.737. The van der Waals surface area contributed by atoms with Gasteiger partial charge in [0.1, 0.15) is 0 Å². The predicted molar refractivity (Wildman–Crippen MR) is 90.6 cm³/mol. The van der Waals surface area contributed by atoms with Crippen molar-refractivity contribution < 1.29 is 9.90 Å². The van der Waals surface area contributed by atoms with Crippen LogP contribution in [0.15, 0.2) is 30.3 Å². The van der Waals surface area contributed by atoms with Gasteiger partial charge < -0.3 is 10.4 Å². The normalized spacial score (nSPS) is 14.1. The van der Waals surface area contributed by atoms with Crippen molar-refractivity contribution in [1.82, 2.24) is 10.2 Å². The Hall–Kier alpha value is -1.39. The van der Waals surface area contributed by atoms with E-state index < -0.39 is 6.10 Å². The Bertz CT molecular complexity index is 430. The lowest BCUT2D eigenvalue weighted by Crippen LogP contribution is -2.39. The van der Waals surface area contributed by atoms with Crippen LogP contribution in [0.2, 0.25) is 0 Å². The van der Waals surface area contributed by atoms with Crippen molar-refractivity contribution in [3.05, 3.63) is 35.9 Å². The number of hydrogen-bond donors (Lipinski definition) is 2. The topological polar surface area (TPSA) is 52.6 Å². The fourth-order valence-corrected chi connectivity index (χ4v) is 2.51. The van der Waals surface area contributed by atoms with E-state index in [2.05, 4.69) is 36.2 Å². The molecule has 0 saturated carbocycles. The Labute approximate surface area is 134 Å². The van der Waals surface area contributed by atoms with Gasteiger partial charge in [-0.2, -0.15) is 0 Å². The van der Waals surface area contributed by atoms with Crippen LogP contribution < -0.4 is 5.32 Å². The minimum atomic E-state index is -0.580. The lowest BCUT2D eigenvalue weighted by Gasteiger charge is -2.30. The van der Waals surface area contributed by atoms with Gasteiger partial charge in [-0.25, -0.2) is 0 Å². The highest BCUT2D eigenvalue weighted by atomic mass is 16.3. The molecule has 0 radical (unpaired) electrons. The number of aliphatic hydroxyl groups is 1. The van der Waals surface area contributed by atoms with E-state index in [9.17, 15) is 9.90 Å². The highest BCUT2D eigenvalue weighted by molar-refractivity contribution is 5.76. The lowest BCUT2D eigenvalue weighted by atomic mass is 10.0. The summed E-state index contributed by atoms with van der Waals surface area (Å²) in [5.41, 5.74) is 1.20. The average molecular weight is 306 g/mol. The van der Waals surface area contributed by atoms with Crippen molar-refractivity contribution in [1.29, 1.82) is 0 Å². The third-order valence-electron chi connectivity index (χ3n) is 4.09. The molecule has 1 aromatic rings. The van der Waals surface area contributed by atoms with E-state index in [0.29, 0.717) is 6.54 Å². The Morgan fingerprint density at radius 2 is 1.77 bits per heavy atom. The molecule has 0 spiro atoms. The van der Waals surface area contributed by atoms with E-state index >= 15 is 0 Å². The summed E-state index contributed by atoms with van der Waals surface area (Å²) < 4.78 is 0. The fraction of sp³-hybridized carbons (Fsp3) is 0.611. The van der Waals surface area contributed by atoms with Crippen LogP contribution in [0.25, 0.3) is 0 Å². The van der Waals surface area contributed by atoms with Crippen LogP contribution >= 0.6 is 0 Å². The summed E-state index contributed by atoms with van der Waals surface area (Å²) in [4.78, 5) is 14.3. The smallest absolute Gasteiger partial charge is 0.222 e. The SMILES string of the molecule is CCN(CC)C(CNC(=O)CC(O)C(C)C)c1ccccc1. The van der Waals surface area contributed by atoms with Gasteiger partial charge in [0.25, 0.3) is 0 Å². The molecule has 0 bridgehead atoms. The van der Waals surface area contributed by atoms with Gasteiger partial charge >= 0.3 is 0 Å². The molecule has 4 heteroatoms. The third kappa shape index (κ3) is 5.78. The van der Waals surface area contributed by atoms with E-state index in [4.69, 9.17) is 0 Å². The fourth-order valence-electron chi connectivity index (χ4n) is 2.51. The summed E-state index contributed by atoms with van der Waals surface area (Å²) in [6.07, 6.45) is -0.416. The monoisotopic (exact) mass is 306 g/mol. The van der Waals surface area contributed by atoms with E-state index in [1.54, 1.807) is 0 Å². The maximum absolute atomic E-state index is 12.0. The Morgan fingerprint density at radius 3 is 2.27 bits per heavy atom. The number of nitrogens with zero attached hydrogens (tertiary/aromatic N) is 1. The second-order valence-electron chi connectivity index (χ2n) is 5.97. The average Bonchev–Trinajstić information content (AvgIpc) is 2.52. The highest BCUT2D eigenvalue weighted by Crippen LogP contribution is 2.19.